The molecule has 100 valence electrons. The van der Waals surface area contributed by atoms with E-state index in [9.17, 15) is 4.79 Å². The minimum Gasteiger partial charge on any atom is -0.352 e. The van der Waals surface area contributed by atoms with Crippen LogP contribution in [0.5, 0.6) is 0 Å². The number of amides is 1. The zero-order valence-electron chi connectivity index (χ0n) is 11.2. The molecule has 4 heteroatoms. The summed E-state index contributed by atoms with van der Waals surface area (Å²) in [5, 5.41) is 7.03. The van der Waals surface area contributed by atoms with Crippen LogP contribution in [0.1, 0.15) is 29.3 Å². The van der Waals surface area contributed by atoms with E-state index in [1.807, 2.05) is 41.2 Å². The molecule has 0 saturated carbocycles. The van der Waals surface area contributed by atoms with Gasteiger partial charge in [0, 0.05) is 31.0 Å². The summed E-state index contributed by atoms with van der Waals surface area (Å²) in [6.45, 7) is 3.58. The number of hydrogen-bond acceptors (Lipinski definition) is 2. The van der Waals surface area contributed by atoms with Crippen molar-refractivity contribution >= 4 is 5.91 Å². The number of nitrogens with zero attached hydrogens (tertiary/aromatic N) is 2. The highest BCUT2D eigenvalue weighted by molar-refractivity contribution is 5.94. The molecule has 1 amide bonds. The van der Waals surface area contributed by atoms with Crippen molar-refractivity contribution in [2.45, 2.75) is 26.3 Å². The number of benzene rings is 1. The van der Waals surface area contributed by atoms with E-state index in [2.05, 4.69) is 17.3 Å². The lowest BCUT2D eigenvalue weighted by molar-refractivity contribution is 0.0952. The third kappa shape index (κ3) is 3.95. The van der Waals surface area contributed by atoms with E-state index in [1.54, 1.807) is 6.20 Å². The summed E-state index contributed by atoms with van der Waals surface area (Å²) >= 11 is 0. The van der Waals surface area contributed by atoms with Gasteiger partial charge in [0.25, 0.3) is 5.91 Å². The number of carbonyl (C=O) groups is 1. The first-order valence-corrected chi connectivity index (χ1v) is 6.64. The monoisotopic (exact) mass is 257 g/mol. The molecule has 2 aromatic rings. The summed E-state index contributed by atoms with van der Waals surface area (Å²) in [6, 6.07) is 9.65. The normalized spacial score (nSPS) is 10.4. The molecule has 0 fully saturated rings. The smallest absolute Gasteiger partial charge is 0.251 e. The first kappa shape index (κ1) is 13.3. The van der Waals surface area contributed by atoms with Crippen molar-refractivity contribution in [3.05, 3.63) is 53.9 Å². The molecule has 0 aliphatic carbocycles. The predicted molar refractivity (Wildman–Crippen MR) is 75.0 cm³/mol. The van der Waals surface area contributed by atoms with E-state index in [4.69, 9.17) is 0 Å². The third-order valence-electron chi connectivity index (χ3n) is 3.03. The molecule has 0 radical (unpaired) electrons. The van der Waals surface area contributed by atoms with Gasteiger partial charge in [0.2, 0.25) is 0 Å². The molecular formula is C15H19N3O. The van der Waals surface area contributed by atoms with Gasteiger partial charge in [-0.3, -0.25) is 9.48 Å². The maximum Gasteiger partial charge on any atom is 0.251 e. The Morgan fingerprint density at radius 3 is 2.74 bits per heavy atom. The highest BCUT2D eigenvalue weighted by Gasteiger charge is 2.04. The SMILES string of the molecule is CCc1ccc(C(=O)NCCCn2cccn2)cc1. The summed E-state index contributed by atoms with van der Waals surface area (Å²) in [5.41, 5.74) is 1.96. The van der Waals surface area contributed by atoms with Crippen LogP contribution in [0.3, 0.4) is 0 Å². The summed E-state index contributed by atoms with van der Waals surface area (Å²) in [5.74, 6) is -0.0110. The van der Waals surface area contributed by atoms with Crippen molar-refractivity contribution in [1.82, 2.24) is 15.1 Å². The number of carbonyl (C=O) groups excluding carboxylic acids is 1. The highest BCUT2D eigenvalue weighted by Crippen LogP contribution is 2.04. The highest BCUT2D eigenvalue weighted by atomic mass is 16.1. The minimum absolute atomic E-state index is 0.0110. The third-order valence-corrected chi connectivity index (χ3v) is 3.03. The maximum absolute atomic E-state index is 11.9. The fourth-order valence-electron chi connectivity index (χ4n) is 1.87. The molecule has 0 atom stereocenters. The second-order valence-corrected chi connectivity index (χ2v) is 4.43. The Morgan fingerprint density at radius 1 is 1.32 bits per heavy atom. The molecule has 0 saturated heterocycles. The van der Waals surface area contributed by atoms with Crippen LogP contribution >= 0.6 is 0 Å². The fraction of sp³-hybridized carbons (Fsp3) is 0.333. The lowest BCUT2D eigenvalue weighted by atomic mass is 10.1. The molecule has 1 heterocycles. The largest absolute Gasteiger partial charge is 0.352 e. The zero-order chi connectivity index (χ0) is 13.5. The molecule has 1 N–H and O–H groups in total. The minimum atomic E-state index is -0.0110. The molecule has 4 nitrogen and oxygen atoms in total. The molecule has 1 aromatic heterocycles. The number of nitrogens with one attached hydrogen (secondary N) is 1. The molecular weight excluding hydrogens is 238 g/mol. The standard InChI is InChI=1S/C15H19N3O/c1-2-13-5-7-14(8-6-13)15(19)16-9-3-11-18-12-4-10-17-18/h4-8,10,12H,2-3,9,11H2,1H3,(H,16,19). The molecule has 0 aliphatic rings. The number of aromatic nitrogens is 2. The maximum atomic E-state index is 11.9. The van der Waals surface area contributed by atoms with Gasteiger partial charge in [-0.15, -0.1) is 0 Å². The van der Waals surface area contributed by atoms with Crippen LogP contribution in [0, 0.1) is 0 Å². The van der Waals surface area contributed by atoms with Crippen LogP contribution < -0.4 is 5.32 Å². The Morgan fingerprint density at radius 2 is 2.11 bits per heavy atom. The molecule has 0 bridgehead atoms. The van der Waals surface area contributed by atoms with Gasteiger partial charge in [-0.1, -0.05) is 19.1 Å². The van der Waals surface area contributed by atoms with Crippen LogP contribution in [0.2, 0.25) is 0 Å². The fourth-order valence-corrected chi connectivity index (χ4v) is 1.87. The molecule has 1 aromatic carbocycles. The molecule has 0 unspecified atom stereocenters. The Balaban J connectivity index is 1.74. The van der Waals surface area contributed by atoms with Crippen molar-refractivity contribution in [3.8, 4) is 0 Å². The van der Waals surface area contributed by atoms with Gasteiger partial charge in [-0.25, -0.2) is 0 Å². The zero-order valence-corrected chi connectivity index (χ0v) is 11.2. The van der Waals surface area contributed by atoms with Gasteiger partial charge in [-0.05, 0) is 36.6 Å². The van der Waals surface area contributed by atoms with Gasteiger partial charge in [0.05, 0.1) is 0 Å². The molecule has 19 heavy (non-hydrogen) atoms. The van der Waals surface area contributed by atoms with E-state index < -0.39 is 0 Å². The van der Waals surface area contributed by atoms with Gasteiger partial charge >= 0.3 is 0 Å². The van der Waals surface area contributed by atoms with E-state index in [0.29, 0.717) is 6.54 Å². The first-order chi connectivity index (χ1) is 9.29. The van der Waals surface area contributed by atoms with E-state index >= 15 is 0 Å². The van der Waals surface area contributed by atoms with E-state index in [0.717, 1.165) is 24.9 Å². The van der Waals surface area contributed by atoms with Crippen molar-refractivity contribution < 1.29 is 4.79 Å². The van der Waals surface area contributed by atoms with Crippen LogP contribution in [-0.2, 0) is 13.0 Å². The van der Waals surface area contributed by atoms with E-state index in [1.165, 1.54) is 5.56 Å². The van der Waals surface area contributed by atoms with Gasteiger partial charge in [0.15, 0.2) is 0 Å². The van der Waals surface area contributed by atoms with Gasteiger partial charge < -0.3 is 5.32 Å². The van der Waals surface area contributed by atoms with Crippen molar-refractivity contribution in [2.24, 2.45) is 0 Å². The Hall–Kier alpha value is -2.10. The lowest BCUT2D eigenvalue weighted by Gasteiger charge is -2.06. The lowest BCUT2D eigenvalue weighted by Crippen LogP contribution is -2.25. The second-order valence-electron chi connectivity index (χ2n) is 4.43. The summed E-state index contributed by atoms with van der Waals surface area (Å²) in [4.78, 5) is 11.9. The summed E-state index contributed by atoms with van der Waals surface area (Å²) < 4.78 is 1.86. The second kappa shape index (κ2) is 6.73. The van der Waals surface area contributed by atoms with Crippen molar-refractivity contribution in [2.75, 3.05) is 6.54 Å². The first-order valence-electron chi connectivity index (χ1n) is 6.64. The Bertz CT molecular complexity index is 503. The van der Waals surface area contributed by atoms with E-state index in [-0.39, 0.29) is 5.91 Å². The van der Waals surface area contributed by atoms with Crippen LogP contribution in [-0.4, -0.2) is 22.2 Å². The topological polar surface area (TPSA) is 46.9 Å². The summed E-state index contributed by atoms with van der Waals surface area (Å²) in [7, 11) is 0. The van der Waals surface area contributed by atoms with Crippen molar-refractivity contribution in [3.63, 3.8) is 0 Å². The Labute approximate surface area is 113 Å². The Kier molecular flexibility index (Phi) is 4.72. The molecule has 2 rings (SSSR count). The number of aryl methyl sites for hydroxylation is 2. The number of hydrogen-bond donors (Lipinski definition) is 1. The van der Waals surface area contributed by atoms with Crippen molar-refractivity contribution in [1.29, 1.82) is 0 Å². The average Bonchev–Trinajstić information content (AvgIpc) is 2.96. The predicted octanol–water partition coefficient (Wildman–Crippen LogP) is 2.27. The van der Waals surface area contributed by atoms with Gasteiger partial charge in [0.1, 0.15) is 0 Å². The van der Waals surface area contributed by atoms with Crippen LogP contribution in [0.25, 0.3) is 0 Å². The quantitative estimate of drug-likeness (QED) is 0.807. The number of rotatable bonds is 6. The molecule has 0 spiro atoms. The molecule has 0 aliphatic heterocycles. The van der Waals surface area contributed by atoms with Crippen LogP contribution in [0.15, 0.2) is 42.7 Å². The average molecular weight is 257 g/mol. The van der Waals surface area contributed by atoms with Crippen LogP contribution in [0.4, 0.5) is 0 Å². The van der Waals surface area contributed by atoms with Gasteiger partial charge in [-0.2, -0.15) is 5.10 Å². The summed E-state index contributed by atoms with van der Waals surface area (Å²) in [6.07, 6.45) is 5.55.